The molecule has 0 bridgehead atoms. The predicted octanol–water partition coefficient (Wildman–Crippen LogP) is 1.91. The van der Waals surface area contributed by atoms with E-state index in [2.05, 4.69) is 0 Å². The summed E-state index contributed by atoms with van der Waals surface area (Å²) >= 11 is 0. The average molecular weight is 273 g/mol. The Hall–Kier alpha value is -2.81. The largest absolute Gasteiger partial charge is 0.490 e. The zero-order valence-electron chi connectivity index (χ0n) is 10.5. The molecule has 0 aliphatic carbocycles. The van der Waals surface area contributed by atoms with Crippen molar-refractivity contribution in [2.45, 2.75) is 12.8 Å². The Morgan fingerprint density at radius 2 is 2.25 bits per heavy atom. The Labute approximate surface area is 113 Å². The summed E-state index contributed by atoms with van der Waals surface area (Å²) in [7, 11) is 0. The van der Waals surface area contributed by atoms with Gasteiger partial charge in [0.15, 0.2) is 11.3 Å². The standard InChI is InChI=1S/C14H11NO5/c15-8-10-7-9-3-1-4-11(13(9)20-14(10)18)19-6-2-5-12(16)17/h1,3-4,7H,2,5-6H2,(H,16,17). The second kappa shape index (κ2) is 5.89. The van der Waals surface area contributed by atoms with Gasteiger partial charge in [-0.3, -0.25) is 4.79 Å². The van der Waals surface area contributed by atoms with E-state index in [0.29, 0.717) is 17.6 Å². The molecule has 2 aromatic rings. The fraction of sp³-hybridized carbons (Fsp3) is 0.214. The van der Waals surface area contributed by atoms with Gasteiger partial charge in [-0.25, -0.2) is 4.79 Å². The smallest absolute Gasteiger partial charge is 0.354 e. The summed E-state index contributed by atoms with van der Waals surface area (Å²) in [6.07, 6.45) is 0.361. The third-order valence-electron chi connectivity index (χ3n) is 2.64. The molecule has 0 saturated carbocycles. The molecule has 1 N–H and O–H groups in total. The molecule has 0 saturated heterocycles. The summed E-state index contributed by atoms with van der Waals surface area (Å²) < 4.78 is 10.5. The third kappa shape index (κ3) is 2.95. The second-order valence-corrected chi connectivity index (χ2v) is 4.08. The monoisotopic (exact) mass is 273 g/mol. The van der Waals surface area contributed by atoms with Gasteiger partial charge in [0, 0.05) is 11.8 Å². The van der Waals surface area contributed by atoms with E-state index in [1.54, 1.807) is 24.3 Å². The number of hydrogen-bond acceptors (Lipinski definition) is 5. The Kier molecular flexibility index (Phi) is 4.01. The van der Waals surface area contributed by atoms with Crippen LogP contribution >= 0.6 is 0 Å². The van der Waals surface area contributed by atoms with Gasteiger partial charge in [-0.05, 0) is 18.6 Å². The fourth-order valence-corrected chi connectivity index (χ4v) is 1.71. The topological polar surface area (TPSA) is 101 Å². The lowest BCUT2D eigenvalue weighted by Gasteiger charge is -2.07. The minimum absolute atomic E-state index is 0.00724. The van der Waals surface area contributed by atoms with Crippen molar-refractivity contribution >= 4 is 16.9 Å². The number of benzene rings is 1. The van der Waals surface area contributed by atoms with E-state index < -0.39 is 11.6 Å². The molecule has 102 valence electrons. The number of rotatable bonds is 5. The SMILES string of the molecule is N#Cc1cc2cccc(OCCCC(=O)O)c2oc1=O. The van der Waals surface area contributed by atoms with Crippen molar-refractivity contribution in [1.29, 1.82) is 5.26 Å². The first kappa shape index (κ1) is 13.6. The maximum Gasteiger partial charge on any atom is 0.354 e. The number of para-hydroxylation sites is 1. The molecule has 0 aliphatic rings. The number of hydrogen-bond donors (Lipinski definition) is 1. The lowest BCUT2D eigenvalue weighted by molar-refractivity contribution is -0.137. The lowest BCUT2D eigenvalue weighted by Crippen LogP contribution is -2.05. The van der Waals surface area contributed by atoms with Crippen molar-refractivity contribution in [2.24, 2.45) is 0 Å². The first-order valence-electron chi connectivity index (χ1n) is 5.93. The van der Waals surface area contributed by atoms with Gasteiger partial charge in [-0.2, -0.15) is 5.26 Å². The lowest BCUT2D eigenvalue weighted by atomic mass is 10.2. The third-order valence-corrected chi connectivity index (χ3v) is 2.64. The van der Waals surface area contributed by atoms with Crippen molar-refractivity contribution in [1.82, 2.24) is 0 Å². The van der Waals surface area contributed by atoms with Crippen LogP contribution in [0.25, 0.3) is 11.0 Å². The van der Waals surface area contributed by atoms with Gasteiger partial charge >= 0.3 is 11.6 Å². The summed E-state index contributed by atoms with van der Waals surface area (Å²) in [5.74, 6) is -0.536. The van der Waals surface area contributed by atoms with E-state index in [0.717, 1.165) is 0 Å². The highest BCUT2D eigenvalue weighted by molar-refractivity contribution is 5.83. The van der Waals surface area contributed by atoms with Crippen LogP contribution in [0, 0.1) is 11.3 Å². The molecule has 0 fully saturated rings. The molecule has 2 rings (SSSR count). The molecular formula is C14H11NO5. The zero-order valence-corrected chi connectivity index (χ0v) is 10.5. The highest BCUT2D eigenvalue weighted by Crippen LogP contribution is 2.24. The van der Waals surface area contributed by atoms with Crippen LogP contribution in [0.4, 0.5) is 0 Å². The number of aliphatic carboxylic acids is 1. The van der Waals surface area contributed by atoms with Crippen LogP contribution < -0.4 is 10.4 Å². The average Bonchev–Trinajstić information content (AvgIpc) is 2.43. The van der Waals surface area contributed by atoms with Gasteiger partial charge in [0.1, 0.15) is 11.6 Å². The molecule has 1 aromatic heterocycles. The molecule has 0 radical (unpaired) electrons. The molecule has 6 heteroatoms. The molecule has 0 spiro atoms. The second-order valence-electron chi connectivity index (χ2n) is 4.08. The van der Waals surface area contributed by atoms with Crippen molar-refractivity contribution in [3.8, 4) is 11.8 Å². The maximum absolute atomic E-state index is 11.5. The van der Waals surface area contributed by atoms with Crippen molar-refractivity contribution < 1.29 is 19.1 Å². The van der Waals surface area contributed by atoms with Crippen LogP contribution in [0.15, 0.2) is 33.5 Å². The number of carboxylic acids is 1. The first-order chi connectivity index (χ1) is 9.61. The van der Waals surface area contributed by atoms with Gasteiger partial charge in [0.2, 0.25) is 0 Å². The van der Waals surface area contributed by atoms with E-state index in [9.17, 15) is 9.59 Å². The Balaban J connectivity index is 2.26. The van der Waals surface area contributed by atoms with E-state index in [-0.39, 0.29) is 24.2 Å². The van der Waals surface area contributed by atoms with Crippen LogP contribution in [0.5, 0.6) is 5.75 Å². The van der Waals surface area contributed by atoms with Crippen LogP contribution in [-0.4, -0.2) is 17.7 Å². The minimum Gasteiger partial charge on any atom is -0.490 e. The molecular weight excluding hydrogens is 262 g/mol. The highest BCUT2D eigenvalue weighted by atomic mass is 16.5. The number of carboxylic acid groups (broad SMARTS) is 1. The van der Waals surface area contributed by atoms with Crippen LogP contribution in [0.2, 0.25) is 0 Å². The van der Waals surface area contributed by atoms with Crippen molar-refractivity contribution in [2.75, 3.05) is 6.61 Å². The number of nitrogens with zero attached hydrogens (tertiary/aromatic N) is 1. The molecule has 6 nitrogen and oxygen atoms in total. The Bertz CT molecular complexity index is 741. The summed E-state index contributed by atoms with van der Waals surface area (Å²) in [4.78, 5) is 21.9. The van der Waals surface area contributed by atoms with Gasteiger partial charge < -0.3 is 14.3 Å². The Morgan fingerprint density at radius 1 is 1.45 bits per heavy atom. The van der Waals surface area contributed by atoms with Crippen molar-refractivity contribution in [3.05, 3.63) is 40.2 Å². The fourth-order valence-electron chi connectivity index (χ4n) is 1.71. The minimum atomic E-state index is -0.892. The molecule has 1 aromatic carbocycles. The summed E-state index contributed by atoms with van der Waals surface area (Å²) in [5, 5.41) is 17.9. The Morgan fingerprint density at radius 3 is 2.95 bits per heavy atom. The predicted molar refractivity (Wildman–Crippen MR) is 69.6 cm³/mol. The van der Waals surface area contributed by atoms with Crippen molar-refractivity contribution in [3.63, 3.8) is 0 Å². The normalized spacial score (nSPS) is 10.2. The van der Waals surface area contributed by atoms with E-state index in [1.165, 1.54) is 6.07 Å². The number of ether oxygens (including phenoxy) is 1. The van der Waals surface area contributed by atoms with Gasteiger partial charge in [0.25, 0.3) is 0 Å². The first-order valence-corrected chi connectivity index (χ1v) is 5.93. The molecule has 0 aliphatic heterocycles. The zero-order chi connectivity index (χ0) is 14.5. The highest BCUT2D eigenvalue weighted by Gasteiger charge is 2.09. The van der Waals surface area contributed by atoms with Gasteiger partial charge in [-0.15, -0.1) is 0 Å². The quantitative estimate of drug-likeness (QED) is 0.659. The number of nitriles is 1. The van der Waals surface area contributed by atoms with E-state index in [4.69, 9.17) is 19.5 Å². The van der Waals surface area contributed by atoms with Crippen LogP contribution in [0.1, 0.15) is 18.4 Å². The van der Waals surface area contributed by atoms with Crippen LogP contribution in [0.3, 0.4) is 0 Å². The summed E-state index contributed by atoms with van der Waals surface area (Å²) in [6, 6.07) is 8.22. The number of fused-ring (bicyclic) bond motifs is 1. The molecule has 0 unspecified atom stereocenters. The van der Waals surface area contributed by atoms with E-state index in [1.807, 2.05) is 0 Å². The van der Waals surface area contributed by atoms with E-state index >= 15 is 0 Å². The van der Waals surface area contributed by atoms with Gasteiger partial charge in [0.05, 0.1) is 6.61 Å². The summed E-state index contributed by atoms with van der Waals surface area (Å²) in [5.41, 5.74) is -0.533. The molecule has 20 heavy (non-hydrogen) atoms. The molecule has 0 amide bonds. The molecule has 0 atom stereocenters. The summed E-state index contributed by atoms with van der Waals surface area (Å²) in [6.45, 7) is 0.203. The van der Waals surface area contributed by atoms with Crippen LogP contribution in [-0.2, 0) is 4.79 Å². The molecule has 1 heterocycles. The van der Waals surface area contributed by atoms with Gasteiger partial charge in [-0.1, -0.05) is 12.1 Å². The number of carbonyl (C=O) groups is 1. The maximum atomic E-state index is 11.5.